The summed E-state index contributed by atoms with van der Waals surface area (Å²) in [6.45, 7) is 5.91. The Morgan fingerprint density at radius 1 is 1.46 bits per heavy atom. The van der Waals surface area contributed by atoms with E-state index in [1.54, 1.807) is 10.6 Å². The third-order valence-electron chi connectivity index (χ3n) is 3.84. The van der Waals surface area contributed by atoms with E-state index in [0.717, 1.165) is 17.9 Å². The van der Waals surface area contributed by atoms with Gasteiger partial charge in [0, 0.05) is 25.8 Å². The molecule has 1 saturated heterocycles. The molecule has 2 aromatic heterocycles. The van der Waals surface area contributed by atoms with Gasteiger partial charge in [0.2, 0.25) is 5.43 Å². The maximum Gasteiger partial charge on any atom is 0.341 e. The topological polar surface area (TPSA) is 93.0 Å². The first-order chi connectivity index (χ1) is 11.6. The number of hydrogen-bond acceptors (Lipinski definition) is 7. The number of morpholine rings is 1. The van der Waals surface area contributed by atoms with Crippen molar-refractivity contribution in [1.82, 2.24) is 9.47 Å². The fourth-order valence-electron chi connectivity index (χ4n) is 2.54. The van der Waals surface area contributed by atoms with Gasteiger partial charge in [0.1, 0.15) is 22.1 Å². The summed E-state index contributed by atoms with van der Waals surface area (Å²) in [5.41, 5.74) is 2.15. The minimum Gasteiger partial charge on any atom is -0.477 e. The van der Waals surface area contributed by atoms with Crippen LogP contribution < -0.4 is 10.9 Å². The molecule has 0 aromatic carbocycles. The summed E-state index contributed by atoms with van der Waals surface area (Å²) in [7, 11) is 0. The van der Waals surface area contributed by atoms with Gasteiger partial charge in [0.15, 0.2) is 0 Å². The second-order valence-electron chi connectivity index (χ2n) is 5.40. The van der Waals surface area contributed by atoms with E-state index in [-0.39, 0.29) is 5.56 Å². The number of nitrogens with zero attached hydrogens (tertiary/aromatic N) is 2. The number of pyridine rings is 1. The number of carboxylic acid groups (broad SMARTS) is 1. The highest BCUT2D eigenvalue weighted by atomic mass is 32.1. The number of fused-ring (bicyclic) bond motifs is 1. The second-order valence-corrected chi connectivity index (χ2v) is 6.43. The summed E-state index contributed by atoms with van der Waals surface area (Å²) in [6.07, 6.45) is 1.39. The van der Waals surface area contributed by atoms with Gasteiger partial charge in [-0.1, -0.05) is 11.3 Å². The maximum atomic E-state index is 12.3. The highest BCUT2D eigenvalue weighted by molar-refractivity contribution is 7.22. The van der Waals surface area contributed by atoms with Crippen LogP contribution in [0.2, 0.25) is 0 Å². The molecule has 3 rings (SSSR count). The minimum atomic E-state index is -1.21. The first-order valence-corrected chi connectivity index (χ1v) is 8.50. The molecule has 0 amide bonds. The van der Waals surface area contributed by atoms with Crippen LogP contribution in [-0.4, -0.2) is 53.6 Å². The van der Waals surface area contributed by atoms with Crippen LogP contribution >= 0.6 is 11.3 Å². The van der Waals surface area contributed by atoms with Crippen molar-refractivity contribution in [2.24, 2.45) is 0 Å². The van der Waals surface area contributed by atoms with E-state index in [9.17, 15) is 14.7 Å². The summed E-state index contributed by atoms with van der Waals surface area (Å²) in [4.78, 5) is 31.8. The van der Waals surface area contributed by atoms with E-state index in [1.807, 2.05) is 6.92 Å². The zero-order valence-corrected chi connectivity index (χ0v) is 14.1. The molecule has 0 radical (unpaired) electrons. The maximum absolute atomic E-state index is 12.3. The zero-order valence-electron chi connectivity index (χ0n) is 13.3. The molecule has 1 aliphatic rings. The third-order valence-corrected chi connectivity index (χ3v) is 4.91. The number of carboxylic acids is 1. The Morgan fingerprint density at radius 2 is 2.21 bits per heavy atom. The van der Waals surface area contributed by atoms with Crippen LogP contribution in [0.3, 0.4) is 0 Å². The first kappa shape index (κ1) is 16.9. The first-order valence-electron chi connectivity index (χ1n) is 7.68. The SMILES string of the molecule is CCn1cc(C(=O)O)c(=O)c2cc(NOCN3CCOCC3)sc21. The average molecular weight is 353 g/mol. The van der Waals surface area contributed by atoms with Crippen molar-refractivity contribution >= 4 is 32.5 Å². The largest absolute Gasteiger partial charge is 0.477 e. The molecule has 2 aromatic rings. The summed E-state index contributed by atoms with van der Waals surface area (Å²) < 4.78 is 7.03. The molecular formula is C15H19N3O5S. The lowest BCUT2D eigenvalue weighted by Crippen LogP contribution is -2.38. The van der Waals surface area contributed by atoms with Crippen molar-refractivity contribution in [3.05, 3.63) is 28.0 Å². The zero-order chi connectivity index (χ0) is 17.1. The van der Waals surface area contributed by atoms with Crippen LogP contribution in [0.4, 0.5) is 5.00 Å². The average Bonchev–Trinajstić information content (AvgIpc) is 3.01. The van der Waals surface area contributed by atoms with Crippen molar-refractivity contribution in [2.45, 2.75) is 13.5 Å². The van der Waals surface area contributed by atoms with Crippen molar-refractivity contribution < 1.29 is 19.5 Å². The number of rotatable bonds is 6. The Balaban J connectivity index is 1.78. The lowest BCUT2D eigenvalue weighted by Gasteiger charge is -2.25. The number of nitrogens with one attached hydrogen (secondary N) is 1. The molecular weight excluding hydrogens is 334 g/mol. The Morgan fingerprint density at radius 3 is 2.88 bits per heavy atom. The number of aromatic carboxylic acids is 1. The van der Waals surface area contributed by atoms with E-state index in [1.165, 1.54) is 17.5 Å². The molecule has 130 valence electrons. The monoisotopic (exact) mass is 353 g/mol. The molecule has 8 nitrogen and oxygen atoms in total. The molecule has 2 N–H and O–H groups in total. The lowest BCUT2D eigenvalue weighted by molar-refractivity contribution is -0.0182. The van der Waals surface area contributed by atoms with Crippen LogP contribution in [0.15, 0.2) is 17.1 Å². The van der Waals surface area contributed by atoms with Crippen LogP contribution in [0.1, 0.15) is 17.3 Å². The number of hydrogen-bond donors (Lipinski definition) is 2. The molecule has 0 atom stereocenters. The Kier molecular flexibility index (Phi) is 5.14. The summed E-state index contributed by atoms with van der Waals surface area (Å²) in [5.74, 6) is -1.21. The fraction of sp³-hybridized carbons (Fsp3) is 0.467. The molecule has 3 heterocycles. The normalized spacial score (nSPS) is 15.7. The molecule has 24 heavy (non-hydrogen) atoms. The summed E-state index contributed by atoms with van der Waals surface area (Å²) in [6, 6.07) is 1.64. The molecule has 0 saturated carbocycles. The van der Waals surface area contributed by atoms with Gasteiger partial charge in [-0.05, 0) is 13.0 Å². The molecule has 0 bridgehead atoms. The van der Waals surface area contributed by atoms with E-state index in [0.29, 0.717) is 36.9 Å². The van der Waals surface area contributed by atoms with Gasteiger partial charge in [0.05, 0.1) is 18.6 Å². The summed E-state index contributed by atoms with van der Waals surface area (Å²) in [5, 5.41) is 10.2. The smallest absolute Gasteiger partial charge is 0.341 e. The van der Waals surface area contributed by atoms with E-state index >= 15 is 0 Å². The number of carbonyl (C=O) groups is 1. The van der Waals surface area contributed by atoms with Gasteiger partial charge >= 0.3 is 5.97 Å². The number of aromatic nitrogens is 1. The molecule has 0 spiro atoms. The number of anilines is 1. The standard InChI is InChI=1S/C15H19N3O5S/c1-2-18-8-11(15(20)21)13(19)10-7-12(24-14(10)18)16-23-9-17-3-5-22-6-4-17/h7-8,16H,2-6,9H2,1H3,(H,20,21). The molecule has 9 heteroatoms. The third kappa shape index (κ3) is 3.44. The number of aryl methyl sites for hydroxylation is 1. The Hall–Kier alpha value is -1.94. The molecule has 1 aliphatic heterocycles. The van der Waals surface area contributed by atoms with Crippen molar-refractivity contribution in [3.63, 3.8) is 0 Å². The highest BCUT2D eigenvalue weighted by Crippen LogP contribution is 2.28. The Bertz CT molecular complexity index is 794. The van der Waals surface area contributed by atoms with E-state index < -0.39 is 11.4 Å². The van der Waals surface area contributed by atoms with Gasteiger partial charge in [-0.2, -0.15) is 0 Å². The lowest BCUT2D eigenvalue weighted by atomic mass is 10.2. The number of ether oxygens (including phenoxy) is 1. The highest BCUT2D eigenvalue weighted by Gasteiger charge is 2.17. The molecule has 0 aliphatic carbocycles. The molecule has 0 unspecified atom stereocenters. The summed E-state index contributed by atoms with van der Waals surface area (Å²) >= 11 is 1.36. The van der Waals surface area contributed by atoms with Crippen molar-refractivity contribution in [1.29, 1.82) is 0 Å². The fourth-order valence-corrected chi connectivity index (χ4v) is 3.58. The van der Waals surface area contributed by atoms with Gasteiger partial charge in [-0.15, -0.1) is 0 Å². The van der Waals surface area contributed by atoms with Crippen LogP contribution in [-0.2, 0) is 16.1 Å². The van der Waals surface area contributed by atoms with Crippen LogP contribution in [0, 0.1) is 0 Å². The van der Waals surface area contributed by atoms with Gasteiger partial charge in [0.25, 0.3) is 0 Å². The van der Waals surface area contributed by atoms with Crippen LogP contribution in [0.5, 0.6) is 0 Å². The van der Waals surface area contributed by atoms with Crippen molar-refractivity contribution in [2.75, 3.05) is 38.5 Å². The van der Waals surface area contributed by atoms with Gasteiger partial charge < -0.3 is 14.4 Å². The van der Waals surface area contributed by atoms with E-state index in [2.05, 4.69) is 10.4 Å². The predicted octanol–water partition coefficient (Wildman–Crippen LogP) is 1.41. The van der Waals surface area contributed by atoms with Gasteiger partial charge in [-0.25, -0.2) is 4.79 Å². The predicted molar refractivity (Wildman–Crippen MR) is 90.7 cm³/mol. The second kappa shape index (κ2) is 7.31. The van der Waals surface area contributed by atoms with Crippen molar-refractivity contribution in [3.8, 4) is 0 Å². The Labute approximate surface area is 142 Å². The van der Waals surface area contributed by atoms with Gasteiger partial charge in [-0.3, -0.25) is 20.0 Å². The quantitative estimate of drug-likeness (QED) is 0.759. The minimum absolute atomic E-state index is 0.220. The number of thiophene rings is 1. The van der Waals surface area contributed by atoms with Crippen LogP contribution in [0.25, 0.3) is 10.2 Å². The van der Waals surface area contributed by atoms with E-state index in [4.69, 9.17) is 9.57 Å². The molecule has 1 fully saturated rings.